The van der Waals surface area contributed by atoms with Gasteiger partial charge in [0.25, 0.3) is 5.78 Å². The number of nitrogens with zero attached hydrogens (tertiary/aromatic N) is 5. The Labute approximate surface area is 179 Å². The summed E-state index contributed by atoms with van der Waals surface area (Å²) in [4.78, 5) is 13.3. The average Bonchev–Trinajstić information content (AvgIpc) is 3.20. The first kappa shape index (κ1) is 19.3. The molecule has 5 rings (SSSR count). The number of hydrogen-bond donors (Lipinski definition) is 2. The van der Waals surface area contributed by atoms with Crippen molar-refractivity contribution >= 4 is 16.7 Å². The van der Waals surface area contributed by atoms with E-state index in [0.717, 1.165) is 44.5 Å². The van der Waals surface area contributed by atoms with Crippen LogP contribution in [0.1, 0.15) is 28.6 Å². The van der Waals surface area contributed by atoms with E-state index < -0.39 is 6.23 Å². The number of aryl methyl sites for hydroxylation is 1. The van der Waals surface area contributed by atoms with Crippen molar-refractivity contribution in [1.29, 1.82) is 0 Å². The van der Waals surface area contributed by atoms with Gasteiger partial charge in [0.1, 0.15) is 11.9 Å². The van der Waals surface area contributed by atoms with Crippen LogP contribution in [0.3, 0.4) is 0 Å². The van der Waals surface area contributed by atoms with Crippen molar-refractivity contribution in [3.05, 3.63) is 89.5 Å². The van der Waals surface area contributed by atoms with Crippen molar-refractivity contribution < 1.29 is 5.11 Å². The summed E-state index contributed by atoms with van der Waals surface area (Å²) in [6.45, 7) is 1.97. The molecular formula is C24H22N6O. The van der Waals surface area contributed by atoms with E-state index in [1.165, 1.54) is 0 Å². The number of aromatic nitrogens is 5. The molecule has 0 amide bonds. The van der Waals surface area contributed by atoms with Gasteiger partial charge in [0.05, 0.1) is 23.6 Å². The first-order valence-electron chi connectivity index (χ1n) is 10.1. The first-order chi connectivity index (χ1) is 15.1. The number of rotatable bonds is 5. The molecule has 0 aliphatic rings. The summed E-state index contributed by atoms with van der Waals surface area (Å²) in [5.41, 5.74) is 6.63. The normalized spacial score (nSPS) is 12.5. The number of hydrogen-bond acceptors (Lipinski definition) is 6. The maximum atomic E-state index is 10.1. The molecule has 31 heavy (non-hydrogen) atoms. The van der Waals surface area contributed by atoms with Crippen LogP contribution < -0.4 is 5.32 Å². The molecule has 0 aliphatic heterocycles. The van der Waals surface area contributed by atoms with E-state index in [2.05, 4.69) is 38.5 Å². The fraction of sp³-hybridized carbons (Fsp3) is 0.167. The topological polar surface area (TPSA) is 88.2 Å². The summed E-state index contributed by atoms with van der Waals surface area (Å²) in [5.74, 6) is 0.570. The van der Waals surface area contributed by atoms with Gasteiger partial charge in [-0.05, 0) is 54.9 Å². The molecule has 0 saturated carbocycles. The smallest absolute Gasteiger partial charge is 0.250 e. The Bertz CT molecular complexity index is 1390. The molecule has 7 heteroatoms. The van der Waals surface area contributed by atoms with Crippen LogP contribution in [0.2, 0.25) is 0 Å². The van der Waals surface area contributed by atoms with Gasteiger partial charge in [-0.3, -0.25) is 10.3 Å². The van der Waals surface area contributed by atoms with E-state index >= 15 is 0 Å². The molecule has 1 atom stereocenters. The Balaban J connectivity index is 1.50. The minimum atomic E-state index is -0.694. The summed E-state index contributed by atoms with van der Waals surface area (Å²) in [5, 5.41) is 18.8. The van der Waals surface area contributed by atoms with Crippen LogP contribution in [0, 0.1) is 6.92 Å². The van der Waals surface area contributed by atoms with Gasteiger partial charge in [0.2, 0.25) is 0 Å². The lowest BCUT2D eigenvalue weighted by Gasteiger charge is -2.13. The fourth-order valence-corrected chi connectivity index (χ4v) is 3.81. The second kappa shape index (κ2) is 7.86. The highest BCUT2D eigenvalue weighted by Crippen LogP contribution is 2.24. The van der Waals surface area contributed by atoms with E-state index in [0.29, 0.717) is 12.2 Å². The van der Waals surface area contributed by atoms with Crippen LogP contribution >= 0.6 is 0 Å². The van der Waals surface area contributed by atoms with Gasteiger partial charge in [-0.2, -0.15) is 5.10 Å². The molecule has 3 heterocycles. The Morgan fingerprint density at radius 2 is 1.90 bits per heavy atom. The molecule has 0 fully saturated rings. The lowest BCUT2D eigenvalue weighted by Crippen LogP contribution is -2.16. The Kier molecular flexibility index (Phi) is 4.89. The van der Waals surface area contributed by atoms with Crippen molar-refractivity contribution in [2.45, 2.75) is 19.6 Å². The van der Waals surface area contributed by atoms with Gasteiger partial charge in [0.15, 0.2) is 0 Å². The summed E-state index contributed by atoms with van der Waals surface area (Å²) >= 11 is 0. The molecule has 0 radical (unpaired) electrons. The molecule has 2 aromatic carbocycles. The molecule has 0 aliphatic carbocycles. The number of nitrogens with one attached hydrogen (secondary N) is 1. The molecule has 154 valence electrons. The van der Waals surface area contributed by atoms with Crippen LogP contribution in [-0.4, -0.2) is 36.7 Å². The van der Waals surface area contributed by atoms with E-state index in [1.807, 2.05) is 43.5 Å². The van der Waals surface area contributed by atoms with Crippen molar-refractivity contribution in [1.82, 2.24) is 29.9 Å². The SMILES string of the molecule is CN[C@@H](O)c1ccc(-c2cnc3ncc(Cc4ccc5ncccc5c4)n3n2)cc1C. The zero-order valence-electron chi connectivity index (χ0n) is 17.3. The molecule has 7 nitrogen and oxygen atoms in total. The number of aliphatic hydroxyl groups is 1. The monoisotopic (exact) mass is 410 g/mol. The average molecular weight is 410 g/mol. The number of fused-ring (bicyclic) bond motifs is 2. The highest BCUT2D eigenvalue weighted by atomic mass is 16.3. The fourth-order valence-electron chi connectivity index (χ4n) is 3.81. The molecule has 3 aromatic heterocycles. The van der Waals surface area contributed by atoms with E-state index in [9.17, 15) is 5.11 Å². The highest BCUT2D eigenvalue weighted by molar-refractivity contribution is 5.79. The molecule has 0 spiro atoms. The van der Waals surface area contributed by atoms with Crippen LogP contribution in [0.4, 0.5) is 0 Å². The lowest BCUT2D eigenvalue weighted by atomic mass is 10.0. The number of imidazole rings is 1. The Morgan fingerprint density at radius 1 is 1.03 bits per heavy atom. The van der Waals surface area contributed by atoms with Gasteiger partial charge < -0.3 is 5.11 Å². The maximum absolute atomic E-state index is 10.1. The predicted octanol–water partition coefficient (Wildman–Crippen LogP) is 3.45. The minimum absolute atomic E-state index is 0.570. The van der Waals surface area contributed by atoms with Crippen molar-refractivity contribution in [2.75, 3.05) is 7.05 Å². The van der Waals surface area contributed by atoms with E-state index in [4.69, 9.17) is 5.10 Å². The summed E-state index contributed by atoms with van der Waals surface area (Å²) in [7, 11) is 1.73. The highest BCUT2D eigenvalue weighted by Gasteiger charge is 2.12. The van der Waals surface area contributed by atoms with Gasteiger partial charge in [-0.25, -0.2) is 14.5 Å². The second-order valence-electron chi connectivity index (χ2n) is 7.57. The predicted molar refractivity (Wildman–Crippen MR) is 120 cm³/mol. The number of pyridine rings is 1. The lowest BCUT2D eigenvalue weighted by molar-refractivity contribution is 0.148. The van der Waals surface area contributed by atoms with Crippen LogP contribution in [0.25, 0.3) is 27.9 Å². The van der Waals surface area contributed by atoms with E-state index in [-0.39, 0.29) is 0 Å². The van der Waals surface area contributed by atoms with Crippen LogP contribution in [0.15, 0.2) is 67.1 Å². The minimum Gasteiger partial charge on any atom is -0.374 e. The summed E-state index contributed by atoms with van der Waals surface area (Å²) in [6, 6.07) is 16.2. The van der Waals surface area contributed by atoms with Gasteiger partial charge in [-0.15, -0.1) is 0 Å². The third-order valence-corrected chi connectivity index (χ3v) is 5.49. The number of aliphatic hydroxyl groups excluding tert-OH is 1. The largest absolute Gasteiger partial charge is 0.374 e. The van der Waals surface area contributed by atoms with Crippen molar-refractivity contribution in [3.8, 4) is 11.3 Å². The quantitative estimate of drug-likeness (QED) is 0.432. The third-order valence-electron chi connectivity index (χ3n) is 5.49. The van der Waals surface area contributed by atoms with E-state index in [1.54, 1.807) is 24.0 Å². The summed E-state index contributed by atoms with van der Waals surface area (Å²) in [6.07, 6.45) is 5.36. The van der Waals surface area contributed by atoms with Crippen LogP contribution in [-0.2, 0) is 6.42 Å². The Morgan fingerprint density at radius 3 is 2.74 bits per heavy atom. The van der Waals surface area contributed by atoms with Gasteiger partial charge >= 0.3 is 0 Å². The molecule has 2 N–H and O–H groups in total. The zero-order valence-corrected chi connectivity index (χ0v) is 17.3. The molecular weight excluding hydrogens is 388 g/mol. The van der Waals surface area contributed by atoms with Gasteiger partial charge in [0, 0.05) is 23.6 Å². The van der Waals surface area contributed by atoms with Crippen LogP contribution in [0.5, 0.6) is 0 Å². The molecule has 0 unspecified atom stereocenters. The van der Waals surface area contributed by atoms with Crippen molar-refractivity contribution in [2.24, 2.45) is 0 Å². The van der Waals surface area contributed by atoms with Gasteiger partial charge in [-0.1, -0.05) is 24.3 Å². The third kappa shape index (κ3) is 3.65. The maximum Gasteiger partial charge on any atom is 0.250 e. The standard InChI is InChI=1S/C24H22N6O/c1-15-10-18(6-7-20(15)23(31)25-2)22-14-28-24-27-13-19(30(24)29-22)12-16-5-8-21-17(11-16)4-3-9-26-21/h3-11,13-14,23,25,31H,12H2,1-2H3/t23-/m0/s1. The molecule has 0 bridgehead atoms. The Hall–Kier alpha value is -3.68. The zero-order chi connectivity index (χ0) is 21.4. The second-order valence-corrected chi connectivity index (χ2v) is 7.57. The number of benzene rings is 2. The first-order valence-corrected chi connectivity index (χ1v) is 10.1. The molecule has 5 aromatic rings. The summed E-state index contributed by atoms with van der Waals surface area (Å²) < 4.78 is 1.80. The van der Waals surface area contributed by atoms with Crippen molar-refractivity contribution in [3.63, 3.8) is 0 Å². The molecule has 0 saturated heterocycles.